The first-order valence-electron chi connectivity index (χ1n) is 12.7. The zero-order chi connectivity index (χ0) is 21.1. The van der Waals surface area contributed by atoms with Crippen LogP contribution in [0.5, 0.6) is 5.75 Å². The largest absolute Gasteiger partial charge is 0.482 e. The van der Waals surface area contributed by atoms with Crippen LogP contribution in [0.25, 0.3) is 11.1 Å². The predicted octanol–water partition coefficient (Wildman–Crippen LogP) is 9.44. The van der Waals surface area contributed by atoms with E-state index in [9.17, 15) is 0 Å². The van der Waals surface area contributed by atoms with Crippen LogP contribution in [-0.4, -0.2) is 0 Å². The van der Waals surface area contributed by atoms with E-state index < -0.39 is 0 Å². The summed E-state index contributed by atoms with van der Waals surface area (Å²) in [7, 11) is 0. The molecule has 0 unspecified atom stereocenters. The van der Waals surface area contributed by atoms with E-state index in [2.05, 4.69) is 62.4 Å². The second kappa shape index (κ2) is 12.2. The first kappa shape index (κ1) is 22.9. The molecule has 2 aromatic rings. The summed E-state index contributed by atoms with van der Waals surface area (Å²) in [6.07, 6.45) is 18.3. The standard InChI is InChI=1S/C29H42O/c1-3-5-7-9-11-17-23-29(24-18-12-10-8-6-4-2)27-21-15-13-19-25(27)26-20-14-16-22-28(26)30-29/h13-16,19-22H,3-12,17-18,23-24H2,1-2H3. The van der Waals surface area contributed by atoms with Gasteiger partial charge in [-0.15, -0.1) is 0 Å². The summed E-state index contributed by atoms with van der Waals surface area (Å²) in [4.78, 5) is 0. The molecular weight excluding hydrogens is 364 g/mol. The molecule has 0 amide bonds. The lowest BCUT2D eigenvalue weighted by molar-refractivity contribution is 0.0386. The molecule has 0 bridgehead atoms. The number of fused-ring (bicyclic) bond motifs is 3. The summed E-state index contributed by atoms with van der Waals surface area (Å²) in [5.74, 6) is 1.08. The van der Waals surface area contributed by atoms with Gasteiger partial charge < -0.3 is 4.74 Å². The van der Waals surface area contributed by atoms with E-state index in [0.717, 1.165) is 18.6 Å². The fourth-order valence-corrected chi connectivity index (χ4v) is 5.04. The van der Waals surface area contributed by atoms with Gasteiger partial charge in [-0.25, -0.2) is 0 Å². The number of ether oxygens (including phenoxy) is 1. The smallest absolute Gasteiger partial charge is 0.135 e. The van der Waals surface area contributed by atoms with Crippen LogP contribution < -0.4 is 4.74 Å². The Labute approximate surface area is 185 Å². The Hall–Kier alpha value is -1.76. The second-order valence-electron chi connectivity index (χ2n) is 9.17. The third-order valence-corrected chi connectivity index (χ3v) is 6.77. The highest BCUT2D eigenvalue weighted by atomic mass is 16.5. The average molecular weight is 407 g/mol. The minimum atomic E-state index is -0.152. The molecule has 30 heavy (non-hydrogen) atoms. The number of unbranched alkanes of at least 4 members (excludes halogenated alkanes) is 10. The SMILES string of the molecule is CCCCCCCCC1(CCCCCCCC)Oc2ccccc2-c2ccccc21. The van der Waals surface area contributed by atoms with Crippen LogP contribution in [0.1, 0.15) is 109 Å². The normalized spacial score (nSPS) is 14.1. The van der Waals surface area contributed by atoms with Crippen LogP contribution in [-0.2, 0) is 5.60 Å². The molecular formula is C29H42O. The number of hydrogen-bond donors (Lipinski definition) is 0. The summed E-state index contributed by atoms with van der Waals surface area (Å²) >= 11 is 0. The van der Waals surface area contributed by atoms with Crippen molar-refractivity contribution in [1.82, 2.24) is 0 Å². The fraction of sp³-hybridized carbons (Fsp3) is 0.586. The zero-order valence-electron chi connectivity index (χ0n) is 19.4. The molecule has 0 aromatic heterocycles. The number of para-hydroxylation sites is 1. The Morgan fingerprint density at radius 1 is 0.567 bits per heavy atom. The van der Waals surface area contributed by atoms with Gasteiger partial charge in [0.25, 0.3) is 0 Å². The zero-order valence-corrected chi connectivity index (χ0v) is 19.4. The van der Waals surface area contributed by atoms with Crippen molar-refractivity contribution in [2.45, 2.75) is 109 Å². The molecule has 2 aromatic carbocycles. The Morgan fingerprint density at radius 3 is 1.70 bits per heavy atom. The average Bonchev–Trinajstić information content (AvgIpc) is 2.79. The lowest BCUT2D eigenvalue weighted by Gasteiger charge is -2.41. The van der Waals surface area contributed by atoms with Crippen LogP contribution in [0, 0.1) is 0 Å². The molecule has 0 saturated heterocycles. The van der Waals surface area contributed by atoms with Gasteiger partial charge in [0.15, 0.2) is 0 Å². The van der Waals surface area contributed by atoms with Crippen LogP contribution in [0.2, 0.25) is 0 Å². The second-order valence-corrected chi connectivity index (χ2v) is 9.17. The van der Waals surface area contributed by atoms with E-state index in [1.54, 1.807) is 0 Å². The lowest BCUT2D eigenvalue weighted by atomic mass is 9.77. The Kier molecular flexibility index (Phi) is 9.30. The van der Waals surface area contributed by atoms with Gasteiger partial charge in [0.1, 0.15) is 11.4 Å². The fourth-order valence-electron chi connectivity index (χ4n) is 5.04. The molecule has 0 N–H and O–H groups in total. The first-order chi connectivity index (χ1) is 14.8. The van der Waals surface area contributed by atoms with Crippen molar-refractivity contribution in [3.8, 4) is 16.9 Å². The van der Waals surface area contributed by atoms with Crippen molar-refractivity contribution in [1.29, 1.82) is 0 Å². The molecule has 1 aliphatic heterocycles. The quantitative estimate of drug-likeness (QED) is 0.284. The number of benzene rings is 2. The molecule has 0 spiro atoms. The maximum atomic E-state index is 6.90. The summed E-state index contributed by atoms with van der Waals surface area (Å²) in [6.45, 7) is 4.58. The van der Waals surface area contributed by atoms with Gasteiger partial charge in [0, 0.05) is 11.1 Å². The molecule has 0 fully saturated rings. The van der Waals surface area contributed by atoms with E-state index in [1.165, 1.54) is 93.7 Å². The molecule has 1 heteroatoms. The van der Waals surface area contributed by atoms with Gasteiger partial charge in [0.05, 0.1) is 0 Å². The third-order valence-electron chi connectivity index (χ3n) is 6.77. The number of hydrogen-bond acceptors (Lipinski definition) is 1. The van der Waals surface area contributed by atoms with E-state index in [1.807, 2.05) is 0 Å². The van der Waals surface area contributed by atoms with Gasteiger partial charge in [-0.3, -0.25) is 0 Å². The minimum absolute atomic E-state index is 0.152. The van der Waals surface area contributed by atoms with Crippen molar-refractivity contribution in [2.24, 2.45) is 0 Å². The third kappa shape index (κ3) is 5.90. The topological polar surface area (TPSA) is 9.23 Å². The molecule has 1 aliphatic rings. The van der Waals surface area contributed by atoms with Gasteiger partial charge in [-0.1, -0.05) is 121 Å². The molecule has 1 heterocycles. The molecule has 164 valence electrons. The molecule has 0 saturated carbocycles. The Bertz CT molecular complexity index is 732. The van der Waals surface area contributed by atoms with Crippen molar-refractivity contribution in [2.75, 3.05) is 0 Å². The monoisotopic (exact) mass is 406 g/mol. The lowest BCUT2D eigenvalue weighted by Crippen LogP contribution is -2.36. The molecule has 0 radical (unpaired) electrons. The highest BCUT2D eigenvalue weighted by molar-refractivity contribution is 5.76. The van der Waals surface area contributed by atoms with E-state index in [-0.39, 0.29) is 5.60 Å². The predicted molar refractivity (Wildman–Crippen MR) is 130 cm³/mol. The Balaban J connectivity index is 1.75. The van der Waals surface area contributed by atoms with Crippen molar-refractivity contribution in [3.05, 3.63) is 54.1 Å². The van der Waals surface area contributed by atoms with Crippen LogP contribution >= 0.6 is 0 Å². The van der Waals surface area contributed by atoms with E-state index in [4.69, 9.17) is 4.74 Å². The van der Waals surface area contributed by atoms with E-state index >= 15 is 0 Å². The van der Waals surface area contributed by atoms with Crippen molar-refractivity contribution in [3.63, 3.8) is 0 Å². The summed E-state index contributed by atoms with van der Waals surface area (Å²) < 4.78 is 6.90. The summed E-state index contributed by atoms with van der Waals surface area (Å²) in [5.41, 5.74) is 3.91. The maximum Gasteiger partial charge on any atom is 0.135 e. The van der Waals surface area contributed by atoms with Gasteiger partial charge in [-0.05, 0) is 37.3 Å². The summed E-state index contributed by atoms with van der Waals surface area (Å²) in [5, 5.41) is 0. The Morgan fingerprint density at radius 2 is 1.07 bits per heavy atom. The van der Waals surface area contributed by atoms with Crippen molar-refractivity contribution >= 4 is 0 Å². The highest BCUT2D eigenvalue weighted by Gasteiger charge is 2.39. The van der Waals surface area contributed by atoms with E-state index in [0.29, 0.717) is 0 Å². The van der Waals surface area contributed by atoms with Gasteiger partial charge >= 0.3 is 0 Å². The first-order valence-corrected chi connectivity index (χ1v) is 12.7. The van der Waals surface area contributed by atoms with Crippen LogP contribution in [0.3, 0.4) is 0 Å². The van der Waals surface area contributed by atoms with Gasteiger partial charge in [-0.2, -0.15) is 0 Å². The highest BCUT2D eigenvalue weighted by Crippen LogP contribution is 2.49. The van der Waals surface area contributed by atoms with Crippen LogP contribution in [0.15, 0.2) is 48.5 Å². The minimum Gasteiger partial charge on any atom is -0.482 e. The van der Waals surface area contributed by atoms with Crippen LogP contribution in [0.4, 0.5) is 0 Å². The number of rotatable bonds is 14. The summed E-state index contributed by atoms with van der Waals surface area (Å²) in [6, 6.07) is 17.7. The molecule has 0 atom stereocenters. The molecule has 0 aliphatic carbocycles. The molecule has 1 nitrogen and oxygen atoms in total. The maximum absolute atomic E-state index is 6.90. The van der Waals surface area contributed by atoms with Gasteiger partial charge in [0.2, 0.25) is 0 Å². The molecule has 3 rings (SSSR count). The van der Waals surface area contributed by atoms with Crippen molar-refractivity contribution < 1.29 is 4.74 Å².